The summed E-state index contributed by atoms with van der Waals surface area (Å²) in [6.07, 6.45) is 7.44. The number of aryl methyl sites for hydroxylation is 1. The van der Waals surface area contributed by atoms with Crippen LogP contribution < -0.4 is 4.74 Å². The fourth-order valence-corrected chi connectivity index (χ4v) is 3.64. The van der Waals surface area contributed by atoms with Gasteiger partial charge in [-0.15, -0.1) is 0 Å². The summed E-state index contributed by atoms with van der Waals surface area (Å²) in [5, 5.41) is 8.30. The van der Waals surface area contributed by atoms with E-state index in [1.807, 2.05) is 13.0 Å². The molecule has 0 aromatic carbocycles. The van der Waals surface area contributed by atoms with Crippen molar-refractivity contribution in [3.63, 3.8) is 0 Å². The van der Waals surface area contributed by atoms with Gasteiger partial charge >= 0.3 is 0 Å². The lowest BCUT2D eigenvalue weighted by Crippen LogP contribution is -2.23. The summed E-state index contributed by atoms with van der Waals surface area (Å²) in [5.74, 6) is 2.40. The van der Waals surface area contributed by atoms with Crippen LogP contribution in [0.15, 0.2) is 12.3 Å². The van der Waals surface area contributed by atoms with E-state index in [2.05, 4.69) is 15.2 Å². The van der Waals surface area contributed by atoms with Crippen molar-refractivity contribution in [3.8, 4) is 5.88 Å². The van der Waals surface area contributed by atoms with Crippen LogP contribution in [0.3, 0.4) is 0 Å². The number of hydrogen-bond donors (Lipinski definition) is 1. The maximum Gasteiger partial charge on any atom is 0.225 e. The lowest BCUT2D eigenvalue weighted by molar-refractivity contribution is 0.134. The minimum absolute atomic E-state index is 0.371. The number of nitrogens with zero attached hydrogens (tertiary/aromatic N) is 2. The molecule has 0 saturated heterocycles. The largest absolute Gasteiger partial charge is 0.474 e. The molecular weight excluding hydrogens is 226 g/mol. The molecule has 2 aliphatic rings. The topological polar surface area (TPSA) is 50.8 Å². The number of hydrogen-bond acceptors (Lipinski definition) is 3. The predicted octanol–water partition coefficient (Wildman–Crippen LogP) is 2.83. The Morgan fingerprint density at radius 2 is 2.28 bits per heavy atom. The molecule has 4 nitrogen and oxygen atoms in total. The lowest BCUT2D eigenvalue weighted by Gasteiger charge is -2.22. The van der Waals surface area contributed by atoms with E-state index in [9.17, 15) is 0 Å². The van der Waals surface area contributed by atoms with Gasteiger partial charge in [0.05, 0.1) is 10.9 Å². The summed E-state index contributed by atoms with van der Waals surface area (Å²) in [6.45, 7) is 2.02. The number of ether oxygens (including phenoxy) is 1. The Hall–Kier alpha value is -1.58. The van der Waals surface area contributed by atoms with Crippen LogP contribution in [0.5, 0.6) is 5.88 Å². The highest BCUT2D eigenvalue weighted by atomic mass is 16.5. The molecule has 0 amide bonds. The van der Waals surface area contributed by atoms with Gasteiger partial charge in [-0.3, -0.25) is 5.10 Å². The molecule has 2 aliphatic carbocycles. The molecule has 0 unspecified atom stereocenters. The second-order valence-corrected chi connectivity index (χ2v) is 5.69. The average molecular weight is 243 g/mol. The number of pyridine rings is 1. The number of aromatic amines is 1. The van der Waals surface area contributed by atoms with Crippen molar-refractivity contribution in [2.24, 2.45) is 11.8 Å². The first kappa shape index (κ1) is 10.4. The van der Waals surface area contributed by atoms with Gasteiger partial charge in [0, 0.05) is 11.9 Å². The first-order valence-electron chi connectivity index (χ1n) is 6.77. The highest BCUT2D eigenvalue weighted by molar-refractivity contribution is 5.85. The number of H-pyrrole nitrogens is 1. The van der Waals surface area contributed by atoms with Crippen LogP contribution in [0, 0.1) is 18.8 Å². The van der Waals surface area contributed by atoms with E-state index >= 15 is 0 Å². The SMILES string of the molecule is Cc1[nH]nc2ccnc(O[C@H]3C[C@@H]4CC[C@H]3C4)c12. The van der Waals surface area contributed by atoms with Crippen molar-refractivity contribution < 1.29 is 4.74 Å². The van der Waals surface area contributed by atoms with E-state index in [-0.39, 0.29) is 0 Å². The molecule has 0 aliphatic heterocycles. The van der Waals surface area contributed by atoms with Crippen molar-refractivity contribution in [3.05, 3.63) is 18.0 Å². The number of fused-ring (bicyclic) bond motifs is 3. The predicted molar refractivity (Wildman–Crippen MR) is 68.5 cm³/mol. The van der Waals surface area contributed by atoms with Crippen LogP contribution in [-0.4, -0.2) is 21.3 Å². The van der Waals surface area contributed by atoms with Gasteiger partial charge in [-0.1, -0.05) is 0 Å². The molecule has 3 atom stereocenters. The van der Waals surface area contributed by atoms with E-state index in [0.717, 1.165) is 34.3 Å². The Labute approximate surface area is 106 Å². The highest BCUT2D eigenvalue weighted by Crippen LogP contribution is 2.46. The summed E-state index contributed by atoms with van der Waals surface area (Å²) in [4.78, 5) is 4.40. The molecule has 4 heteroatoms. The molecule has 2 bridgehead atoms. The van der Waals surface area contributed by atoms with Crippen LogP contribution in [0.1, 0.15) is 31.4 Å². The van der Waals surface area contributed by atoms with Crippen LogP contribution in [0.2, 0.25) is 0 Å². The fraction of sp³-hybridized carbons (Fsp3) is 0.571. The Balaban J connectivity index is 1.68. The smallest absolute Gasteiger partial charge is 0.225 e. The molecule has 2 aromatic heterocycles. The van der Waals surface area contributed by atoms with Gasteiger partial charge in [0.2, 0.25) is 5.88 Å². The summed E-state index contributed by atoms with van der Waals surface area (Å²) >= 11 is 0. The van der Waals surface area contributed by atoms with Crippen molar-refractivity contribution >= 4 is 10.9 Å². The third-order valence-corrected chi connectivity index (χ3v) is 4.55. The van der Waals surface area contributed by atoms with Gasteiger partial charge in [0.1, 0.15) is 6.10 Å². The van der Waals surface area contributed by atoms with Gasteiger partial charge in [0.15, 0.2) is 0 Å². The fourth-order valence-electron chi connectivity index (χ4n) is 3.64. The average Bonchev–Trinajstić information content (AvgIpc) is 3.06. The number of rotatable bonds is 2. The number of aromatic nitrogens is 3. The normalized spacial score (nSPS) is 30.2. The first-order chi connectivity index (χ1) is 8.81. The highest BCUT2D eigenvalue weighted by Gasteiger charge is 2.41. The third kappa shape index (κ3) is 1.44. The minimum Gasteiger partial charge on any atom is -0.474 e. The molecular formula is C14H17N3O. The van der Waals surface area contributed by atoms with Crippen LogP contribution in [-0.2, 0) is 0 Å². The zero-order valence-electron chi connectivity index (χ0n) is 10.5. The lowest BCUT2D eigenvalue weighted by atomic mass is 9.98. The van der Waals surface area contributed by atoms with Crippen molar-refractivity contribution in [1.29, 1.82) is 0 Å². The summed E-state index contributed by atoms with van der Waals surface area (Å²) < 4.78 is 6.19. The Bertz CT molecular complexity index is 592. The molecule has 0 spiro atoms. The Morgan fingerprint density at radius 1 is 1.33 bits per heavy atom. The summed E-state index contributed by atoms with van der Waals surface area (Å²) in [7, 11) is 0. The van der Waals surface area contributed by atoms with E-state index in [1.54, 1.807) is 6.20 Å². The van der Waals surface area contributed by atoms with E-state index in [1.165, 1.54) is 25.7 Å². The second-order valence-electron chi connectivity index (χ2n) is 5.69. The quantitative estimate of drug-likeness (QED) is 0.882. The summed E-state index contributed by atoms with van der Waals surface area (Å²) in [6, 6.07) is 1.92. The summed E-state index contributed by atoms with van der Waals surface area (Å²) in [5.41, 5.74) is 1.98. The van der Waals surface area contributed by atoms with Crippen molar-refractivity contribution in [2.45, 2.75) is 38.7 Å². The monoisotopic (exact) mass is 243 g/mol. The minimum atomic E-state index is 0.371. The third-order valence-electron chi connectivity index (χ3n) is 4.55. The molecule has 1 N–H and O–H groups in total. The van der Waals surface area contributed by atoms with E-state index in [0.29, 0.717) is 6.10 Å². The molecule has 4 rings (SSSR count). The zero-order valence-corrected chi connectivity index (χ0v) is 10.5. The van der Waals surface area contributed by atoms with Gasteiger partial charge in [-0.05, 0) is 50.5 Å². The van der Waals surface area contributed by atoms with E-state index < -0.39 is 0 Å². The van der Waals surface area contributed by atoms with E-state index in [4.69, 9.17) is 4.74 Å². The molecule has 2 fully saturated rings. The van der Waals surface area contributed by atoms with Crippen molar-refractivity contribution in [2.75, 3.05) is 0 Å². The molecule has 2 aromatic rings. The molecule has 2 saturated carbocycles. The Kier molecular flexibility index (Phi) is 2.13. The van der Waals surface area contributed by atoms with Crippen LogP contribution in [0.25, 0.3) is 10.9 Å². The Morgan fingerprint density at radius 3 is 3.06 bits per heavy atom. The van der Waals surface area contributed by atoms with Crippen LogP contribution in [0.4, 0.5) is 0 Å². The molecule has 0 radical (unpaired) electrons. The van der Waals surface area contributed by atoms with Gasteiger partial charge in [0.25, 0.3) is 0 Å². The van der Waals surface area contributed by atoms with Gasteiger partial charge in [-0.2, -0.15) is 5.10 Å². The maximum atomic E-state index is 6.19. The molecule has 18 heavy (non-hydrogen) atoms. The van der Waals surface area contributed by atoms with Gasteiger partial charge < -0.3 is 4.74 Å². The van der Waals surface area contributed by atoms with Crippen molar-refractivity contribution in [1.82, 2.24) is 15.2 Å². The zero-order chi connectivity index (χ0) is 12.1. The first-order valence-corrected chi connectivity index (χ1v) is 6.77. The van der Waals surface area contributed by atoms with Gasteiger partial charge in [-0.25, -0.2) is 4.98 Å². The van der Waals surface area contributed by atoms with Crippen LogP contribution >= 0.6 is 0 Å². The second kappa shape index (κ2) is 3.70. The molecule has 94 valence electrons. The standard InChI is InChI=1S/C14H17N3O/c1-8-13-11(17-16-8)4-5-15-14(13)18-12-7-9-2-3-10(12)6-9/h4-5,9-10,12H,2-3,6-7H2,1H3,(H,16,17)/t9-,10+,12+/m1/s1. The maximum absolute atomic E-state index is 6.19. The number of nitrogens with one attached hydrogen (secondary N) is 1. The molecule has 2 heterocycles.